The van der Waals surface area contributed by atoms with Crippen LogP contribution in [0, 0.1) is 6.07 Å². The molecule has 0 bridgehead atoms. The molecule has 0 saturated heterocycles. The predicted molar refractivity (Wildman–Crippen MR) is 45.2 cm³/mol. The Balaban J connectivity index is 2.33. The number of nitrogens with zero attached hydrogens (tertiary/aromatic N) is 3. The highest BCUT2D eigenvalue weighted by molar-refractivity contribution is 5.33. The number of rotatable bonds is 1. The Labute approximate surface area is 83.1 Å². The highest BCUT2D eigenvalue weighted by Gasteiger charge is 2.30. The molecule has 77 valence electrons. The number of aromatic nitrogens is 3. The zero-order valence-electron chi connectivity index (χ0n) is 7.36. The van der Waals surface area contributed by atoms with E-state index in [1.54, 1.807) is 0 Å². The summed E-state index contributed by atoms with van der Waals surface area (Å²) in [6.07, 6.45) is -1.37. The Morgan fingerprint density at radius 3 is 2.53 bits per heavy atom. The summed E-state index contributed by atoms with van der Waals surface area (Å²) in [5.41, 5.74) is -0.313. The van der Waals surface area contributed by atoms with Crippen molar-refractivity contribution in [3.05, 3.63) is 42.2 Å². The molecule has 0 saturated carbocycles. The van der Waals surface area contributed by atoms with E-state index in [2.05, 4.69) is 16.4 Å². The van der Waals surface area contributed by atoms with Gasteiger partial charge < -0.3 is 0 Å². The van der Waals surface area contributed by atoms with Crippen molar-refractivity contribution in [3.8, 4) is 5.69 Å². The summed E-state index contributed by atoms with van der Waals surface area (Å²) in [6, 6.07) is 5.64. The van der Waals surface area contributed by atoms with E-state index >= 15 is 0 Å². The molecule has 3 nitrogen and oxygen atoms in total. The number of benzene rings is 1. The number of hydrogen-bond donors (Lipinski definition) is 0. The van der Waals surface area contributed by atoms with Gasteiger partial charge in [-0.1, -0.05) is 5.21 Å². The Morgan fingerprint density at radius 1 is 1.27 bits per heavy atom. The molecule has 0 spiro atoms. The van der Waals surface area contributed by atoms with Crippen molar-refractivity contribution in [2.75, 3.05) is 0 Å². The molecule has 0 atom stereocenters. The topological polar surface area (TPSA) is 30.7 Å². The fourth-order valence-electron chi connectivity index (χ4n) is 1.07. The molecule has 0 N–H and O–H groups in total. The van der Waals surface area contributed by atoms with E-state index < -0.39 is 11.7 Å². The standard InChI is InChI=1S/C9H5F3N3/c10-9(11,12)7-1-3-8(4-2-7)15-6-5-13-14-15/h1-3,5-6H. The molecule has 15 heavy (non-hydrogen) atoms. The SMILES string of the molecule is FC(F)(F)c1c[c]c(-n2ccnn2)cc1. The first-order valence-corrected chi connectivity index (χ1v) is 4.03. The zero-order valence-corrected chi connectivity index (χ0v) is 7.36. The van der Waals surface area contributed by atoms with Crippen molar-refractivity contribution in [2.45, 2.75) is 6.18 Å². The van der Waals surface area contributed by atoms with Gasteiger partial charge in [0.2, 0.25) is 0 Å². The summed E-state index contributed by atoms with van der Waals surface area (Å²) in [7, 11) is 0. The van der Waals surface area contributed by atoms with Gasteiger partial charge in [-0.3, -0.25) is 0 Å². The van der Waals surface area contributed by atoms with E-state index in [0.29, 0.717) is 5.69 Å². The third-order valence-electron chi connectivity index (χ3n) is 1.79. The maximum atomic E-state index is 12.2. The van der Waals surface area contributed by atoms with Gasteiger partial charge in [0.05, 0.1) is 23.6 Å². The van der Waals surface area contributed by atoms with Crippen LogP contribution < -0.4 is 0 Å². The molecule has 0 aliphatic heterocycles. The summed E-state index contributed by atoms with van der Waals surface area (Å²) in [4.78, 5) is 0. The van der Waals surface area contributed by atoms with Crippen molar-refractivity contribution in [1.82, 2.24) is 15.0 Å². The predicted octanol–water partition coefficient (Wildman–Crippen LogP) is 2.09. The molecule has 2 aromatic rings. The average Bonchev–Trinajstić information content (AvgIpc) is 2.69. The Kier molecular flexibility index (Phi) is 2.18. The summed E-state index contributed by atoms with van der Waals surface area (Å²) < 4.78 is 38.0. The van der Waals surface area contributed by atoms with E-state index in [0.717, 1.165) is 12.1 Å². The van der Waals surface area contributed by atoms with Crippen LogP contribution in [0.1, 0.15) is 5.56 Å². The molecule has 6 heteroatoms. The third kappa shape index (κ3) is 1.98. The third-order valence-corrected chi connectivity index (χ3v) is 1.79. The molecule has 1 radical (unpaired) electrons. The van der Waals surface area contributed by atoms with Gasteiger partial charge in [0, 0.05) is 6.07 Å². The first-order valence-electron chi connectivity index (χ1n) is 4.03. The molecular formula is C9H5F3N3. The zero-order chi connectivity index (χ0) is 10.9. The average molecular weight is 212 g/mol. The maximum Gasteiger partial charge on any atom is 0.416 e. The summed E-state index contributed by atoms with van der Waals surface area (Å²) in [5.74, 6) is 0. The van der Waals surface area contributed by atoms with Gasteiger partial charge in [-0.2, -0.15) is 13.2 Å². The van der Waals surface area contributed by atoms with Crippen LogP contribution in [-0.4, -0.2) is 15.0 Å². The minimum atomic E-state index is -4.34. The summed E-state index contributed by atoms with van der Waals surface area (Å²) in [6.45, 7) is 0. The van der Waals surface area contributed by atoms with Crippen molar-refractivity contribution in [2.24, 2.45) is 0 Å². The Morgan fingerprint density at radius 2 is 2.07 bits per heavy atom. The van der Waals surface area contributed by atoms with Crippen LogP contribution in [-0.2, 0) is 6.18 Å². The van der Waals surface area contributed by atoms with Crippen molar-refractivity contribution in [1.29, 1.82) is 0 Å². The summed E-state index contributed by atoms with van der Waals surface area (Å²) in [5, 5.41) is 7.17. The second-order valence-electron chi connectivity index (χ2n) is 2.81. The van der Waals surface area contributed by atoms with Crippen LogP contribution in [0.3, 0.4) is 0 Å². The smallest absolute Gasteiger partial charge is 0.220 e. The van der Waals surface area contributed by atoms with E-state index in [4.69, 9.17) is 0 Å². The van der Waals surface area contributed by atoms with E-state index in [-0.39, 0.29) is 0 Å². The Hall–Kier alpha value is -1.85. The normalized spacial score (nSPS) is 11.7. The molecular weight excluding hydrogens is 207 g/mol. The number of alkyl halides is 3. The lowest BCUT2D eigenvalue weighted by molar-refractivity contribution is -0.137. The van der Waals surface area contributed by atoms with Crippen LogP contribution in [0.15, 0.2) is 30.6 Å². The second-order valence-corrected chi connectivity index (χ2v) is 2.81. The molecule has 0 amide bonds. The molecule has 0 aliphatic carbocycles. The van der Waals surface area contributed by atoms with E-state index in [9.17, 15) is 13.2 Å². The molecule has 0 aliphatic rings. The molecule has 1 aromatic heterocycles. The fraction of sp³-hybridized carbons (Fsp3) is 0.111. The molecule has 1 aromatic carbocycles. The Bertz CT molecular complexity index is 431. The molecule has 0 fully saturated rings. The van der Waals surface area contributed by atoms with Gasteiger partial charge in [-0.15, -0.1) is 5.10 Å². The van der Waals surface area contributed by atoms with Gasteiger partial charge in [0.25, 0.3) is 0 Å². The fourth-order valence-corrected chi connectivity index (χ4v) is 1.07. The van der Waals surface area contributed by atoms with Crippen molar-refractivity contribution < 1.29 is 13.2 Å². The molecule has 1 heterocycles. The van der Waals surface area contributed by atoms with Crippen LogP contribution >= 0.6 is 0 Å². The van der Waals surface area contributed by atoms with Gasteiger partial charge in [0.1, 0.15) is 0 Å². The highest BCUT2D eigenvalue weighted by Crippen LogP contribution is 2.29. The number of hydrogen-bond acceptors (Lipinski definition) is 2. The van der Waals surface area contributed by atoms with Crippen molar-refractivity contribution >= 4 is 0 Å². The highest BCUT2D eigenvalue weighted by atomic mass is 19.4. The van der Waals surface area contributed by atoms with Crippen LogP contribution in [0.2, 0.25) is 0 Å². The largest absolute Gasteiger partial charge is 0.416 e. The first kappa shape index (κ1) is 9.70. The lowest BCUT2D eigenvalue weighted by Gasteiger charge is -2.06. The molecule has 0 unspecified atom stereocenters. The minimum absolute atomic E-state index is 0.417. The second kappa shape index (κ2) is 3.38. The monoisotopic (exact) mass is 212 g/mol. The first-order chi connectivity index (χ1) is 7.07. The van der Waals surface area contributed by atoms with E-state index in [1.807, 2.05) is 0 Å². The lowest BCUT2D eigenvalue weighted by atomic mass is 10.2. The molecule has 2 rings (SSSR count). The van der Waals surface area contributed by atoms with Crippen LogP contribution in [0.4, 0.5) is 13.2 Å². The quantitative estimate of drug-likeness (QED) is 0.724. The van der Waals surface area contributed by atoms with Crippen molar-refractivity contribution in [3.63, 3.8) is 0 Å². The summed E-state index contributed by atoms with van der Waals surface area (Å²) >= 11 is 0. The van der Waals surface area contributed by atoms with Gasteiger partial charge >= 0.3 is 6.18 Å². The van der Waals surface area contributed by atoms with Gasteiger partial charge in [-0.05, 0) is 18.2 Å². The maximum absolute atomic E-state index is 12.2. The van der Waals surface area contributed by atoms with Crippen LogP contribution in [0.25, 0.3) is 5.69 Å². The number of halogens is 3. The minimum Gasteiger partial charge on any atom is -0.220 e. The van der Waals surface area contributed by atoms with Gasteiger partial charge in [0.15, 0.2) is 0 Å². The van der Waals surface area contributed by atoms with Crippen LogP contribution in [0.5, 0.6) is 0 Å². The lowest BCUT2D eigenvalue weighted by Crippen LogP contribution is -2.05. The van der Waals surface area contributed by atoms with E-state index in [1.165, 1.54) is 23.1 Å². The van der Waals surface area contributed by atoms with Gasteiger partial charge in [-0.25, -0.2) is 4.68 Å².